The highest BCUT2D eigenvalue weighted by atomic mass is 32.2. The zero-order chi connectivity index (χ0) is 24.4. The zero-order valence-corrected chi connectivity index (χ0v) is 22.0. The molecular formula is C16H30N4O8S5. The summed E-state index contributed by atoms with van der Waals surface area (Å²) in [4.78, 5) is 40.2. The number of hydrogen-bond acceptors (Lipinski definition) is 14. The SMILES string of the molecule is O=C(NCSC/N=C/S(=O)CSCSC(=O)NCSCN=COOCCCO)OCCCO. The maximum atomic E-state index is 11.8. The van der Waals surface area contributed by atoms with Crippen molar-refractivity contribution in [1.82, 2.24) is 10.6 Å². The van der Waals surface area contributed by atoms with Gasteiger partial charge in [-0.15, -0.1) is 35.3 Å². The number of ether oxygens (including phenoxy) is 1. The summed E-state index contributed by atoms with van der Waals surface area (Å²) in [5, 5.41) is 23.0. The van der Waals surface area contributed by atoms with Gasteiger partial charge < -0.3 is 30.5 Å². The van der Waals surface area contributed by atoms with Crippen molar-refractivity contribution in [3.8, 4) is 0 Å². The van der Waals surface area contributed by atoms with Crippen molar-refractivity contribution < 1.29 is 38.5 Å². The van der Waals surface area contributed by atoms with Gasteiger partial charge in [0.2, 0.25) is 6.40 Å². The molecule has 0 aromatic heterocycles. The van der Waals surface area contributed by atoms with Crippen molar-refractivity contribution >= 4 is 81.1 Å². The second-order valence-electron chi connectivity index (χ2n) is 5.35. The standard InChI is InChI=1S/C16H30N4O8S5/c21-3-1-5-26-15(23)19-10-30-9-18-12-33(25)14-31-13-32-16(24)20-11-29-8-17-7-28-27-6-2-4-22/h7,12,21-22H,1-6,8-11,13-14H2,(H,19,23)(H,20,24)/b17-7?,18-12+. The molecule has 0 aromatic carbocycles. The number of nitrogens with one attached hydrogen (secondary N) is 2. The Hall–Kier alpha value is -0.690. The topological polar surface area (TPSA) is 168 Å². The number of thioether (sulfide) groups is 4. The lowest BCUT2D eigenvalue weighted by atomic mass is 10.5. The van der Waals surface area contributed by atoms with Gasteiger partial charge in [0.05, 0.1) is 58.2 Å². The van der Waals surface area contributed by atoms with Crippen LogP contribution in [0.3, 0.4) is 0 Å². The quantitative estimate of drug-likeness (QED) is 0.0396. The molecule has 2 amide bonds. The summed E-state index contributed by atoms with van der Waals surface area (Å²) in [6.45, 7) is 0.447. The van der Waals surface area contributed by atoms with Crippen molar-refractivity contribution in [2.45, 2.75) is 12.8 Å². The number of carbonyl (C=O) groups is 2. The van der Waals surface area contributed by atoms with Gasteiger partial charge in [-0.1, -0.05) is 11.8 Å². The normalized spacial score (nSPS) is 12.2. The number of alkyl carbamates (subject to hydrolysis) is 1. The van der Waals surface area contributed by atoms with Crippen LogP contribution < -0.4 is 10.6 Å². The first-order chi connectivity index (χ1) is 16.1. The van der Waals surface area contributed by atoms with Gasteiger partial charge in [-0.05, 0) is 6.42 Å². The van der Waals surface area contributed by atoms with Crippen LogP contribution in [0.1, 0.15) is 12.8 Å². The lowest BCUT2D eigenvalue weighted by molar-refractivity contribution is -0.217. The van der Waals surface area contributed by atoms with Crippen LogP contribution >= 0.6 is 47.0 Å². The smallest absolute Gasteiger partial charge is 0.407 e. The maximum absolute atomic E-state index is 11.8. The monoisotopic (exact) mass is 566 g/mol. The minimum atomic E-state index is -1.24. The van der Waals surface area contributed by atoms with Crippen LogP contribution in [-0.4, -0.2) is 97.8 Å². The number of amides is 2. The Kier molecular flexibility index (Phi) is 25.4. The van der Waals surface area contributed by atoms with Crippen molar-refractivity contribution in [3.63, 3.8) is 0 Å². The van der Waals surface area contributed by atoms with E-state index < -0.39 is 16.9 Å². The van der Waals surface area contributed by atoms with Gasteiger partial charge in [-0.3, -0.25) is 14.0 Å². The first kappa shape index (κ1) is 32.3. The molecule has 0 saturated heterocycles. The Morgan fingerprint density at radius 3 is 2.42 bits per heavy atom. The lowest BCUT2D eigenvalue weighted by Gasteiger charge is -2.04. The molecule has 0 bridgehead atoms. The van der Waals surface area contributed by atoms with E-state index in [-0.39, 0.29) is 31.7 Å². The molecule has 1 unspecified atom stereocenters. The number of aliphatic hydroxyl groups is 2. The van der Waals surface area contributed by atoms with Crippen LogP contribution in [0.4, 0.5) is 9.59 Å². The first-order valence-electron chi connectivity index (χ1n) is 9.50. The first-order valence-corrected chi connectivity index (χ1v) is 15.3. The van der Waals surface area contributed by atoms with Crippen LogP contribution in [0.5, 0.6) is 0 Å². The van der Waals surface area contributed by atoms with E-state index >= 15 is 0 Å². The molecule has 0 aromatic rings. The highest BCUT2D eigenvalue weighted by Gasteiger charge is 2.03. The summed E-state index contributed by atoms with van der Waals surface area (Å²) in [5.41, 5.74) is 1.35. The van der Waals surface area contributed by atoms with E-state index in [1.54, 1.807) is 0 Å². The van der Waals surface area contributed by atoms with Gasteiger partial charge in [0.1, 0.15) is 0 Å². The average molecular weight is 567 g/mol. The number of aliphatic hydroxyl groups excluding tert-OH is 2. The Labute approximate surface area is 212 Å². The molecule has 33 heavy (non-hydrogen) atoms. The van der Waals surface area contributed by atoms with Crippen LogP contribution in [0.15, 0.2) is 9.98 Å². The number of hydrogen-bond donors (Lipinski definition) is 4. The number of aliphatic imine (C=N–C) groups is 2. The van der Waals surface area contributed by atoms with Gasteiger partial charge in [-0.2, -0.15) is 4.89 Å². The van der Waals surface area contributed by atoms with Crippen LogP contribution in [-0.2, 0) is 25.3 Å². The zero-order valence-electron chi connectivity index (χ0n) is 17.9. The Balaban J connectivity index is 3.51. The molecule has 0 rings (SSSR count). The van der Waals surface area contributed by atoms with Crippen LogP contribution in [0.25, 0.3) is 0 Å². The largest absolute Gasteiger partial charge is 0.449 e. The molecule has 17 heteroatoms. The second kappa shape index (κ2) is 25.9. The van der Waals surface area contributed by atoms with Gasteiger partial charge in [0.25, 0.3) is 5.24 Å². The molecule has 0 aliphatic carbocycles. The second-order valence-corrected chi connectivity index (χ2v) is 11.2. The molecule has 0 spiro atoms. The maximum Gasteiger partial charge on any atom is 0.407 e. The number of nitrogens with zero attached hydrogens (tertiary/aromatic N) is 2. The van der Waals surface area contributed by atoms with Crippen LogP contribution in [0, 0.1) is 0 Å². The van der Waals surface area contributed by atoms with Gasteiger partial charge in [0, 0.05) is 24.7 Å². The van der Waals surface area contributed by atoms with Gasteiger partial charge in [-0.25, -0.2) is 9.79 Å². The average Bonchev–Trinajstić information content (AvgIpc) is 2.80. The fourth-order valence-corrected chi connectivity index (χ4v) is 5.50. The molecule has 0 fully saturated rings. The predicted octanol–water partition coefficient (Wildman–Crippen LogP) is 1.62. The highest BCUT2D eigenvalue weighted by Crippen LogP contribution is 2.14. The highest BCUT2D eigenvalue weighted by molar-refractivity contribution is 8.27. The van der Waals surface area contributed by atoms with Crippen LogP contribution in [0.2, 0.25) is 0 Å². The third-order valence-electron chi connectivity index (χ3n) is 2.74. The third-order valence-corrected chi connectivity index (χ3v) is 7.63. The van der Waals surface area contributed by atoms with Crippen molar-refractivity contribution in [2.24, 2.45) is 9.98 Å². The fraction of sp³-hybridized carbons (Fsp3) is 0.750. The molecule has 0 heterocycles. The number of rotatable bonds is 21. The Morgan fingerprint density at radius 2 is 1.67 bits per heavy atom. The minimum Gasteiger partial charge on any atom is -0.449 e. The lowest BCUT2D eigenvalue weighted by Crippen LogP contribution is -2.24. The minimum absolute atomic E-state index is 0.0327. The summed E-state index contributed by atoms with van der Waals surface area (Å²) < 4.78 is 16.6. The molecular weight excluding hydrogens is 537 g/mol. The van der Waals surface area contributed by atoms with E-state index in [1.165, 1.54) is 40.8 Å². The molecule has 4 N–H and O–H groups in total. The molecule has 0 aliphatic heterocycles. The Bertz CT molecular complexity index is 589. The molecule has 192 valence electrons. The fourth-order valence-electron chi connectivity index (χ4n) is 1.37. The van der Waals surface area contributed by atoms with Gasteiger partial charge in [0.15, 0.2) is 0 Å². The summed E-state index contributed by atoms with van der Waals surface area (Å²) in [7, 11) is -1.24. The molecule has 0 saturated carbocycles. The number of carbonyl (C=O) groups excluding carboxylic acids is 2. The van der Waals surface area contributed by atoms with Gasteiger partial charge >= 0.3 is 6.09 Å². The van der Waals surface area contributed by atoms with E-state index in [9.17, 15) is 13.8 Å². The molecule has 0 aliphatic rings. The van der Waals surface area contributed by atoms with Crippen molar-refractivity contribution in [2.75, 3.05) is 60.1 Å². The summed E-state index contributed by atoms with van der Waals surface area (Å²) in [6.07, 6.45) is 1.49. The Morgan fingerprint density at radius 1 is 0.970 bits per heavy atom. The van der Waals surface area contributed by atoms with E-state index in [0.29, 0.717) is 46.5 Å². The third kappa shape index (κ3) is 25.8. The van der Waals surface area contributed by atoms with E-state index in [4.69, 9.17) is 19.8 Å². The predicted molar refractivity (Wildman–Crippen MR) is 138 cm³/mol. The summed E-state index contributed by atoms with van der Waals surface area (Å²) in [5.74, 6) is 1.44. The molecule has 1 atom stereocenters. The molecule has 12 nitrogen and oxygen atoms in total. The summed E-state index contributed by atoms with van der Waals surface area (Å²) in [6, 6.07) is 0. The van der Waals surface area contributed by atoms with Crippen molar-refractivity contribution in [3.05, 3.63) is 0 Å². The van der Waals surface area contributed by atoms with E-state index in [1.807, 2.05) is 0 Å². The summed E-state index contributed by atoms with van der Waals surface area (Å²) >= 11 is 5.16. The van der Waals surface area contributed by atoms with Crippen molar-refractivity contribution in [1.29, 1.82) is 0 Å². The molecule has 0 radical (unpaired) electrons. The van der Waals surface area contributed by atoms with E-state index in [2.05, 4.69) is 25.5 Å². The van der Waals surface area contributed by atoms with E-state index in [0.717, 1.165) is 18.2 Å².